The Bertz CT molecular complexity index is 921. The molecule has 2 N–H and O–H groups in total. The van der Waals surface area contributed by atoms with Crippen molar-refractivity contribution in [2.45, 2.75) is 56.5 Å². The van der Waals surface area contributed by atoms with E-state index in [1.54, 1.807) is 0 Å². The van der Waals surface area contributed by atoms with Crippen LogP contribution in [0.4, 0.5) is 11.5 Å². The number of nitrogens with zero attached hydrogens (tertiary/aromatic N) is 5. The molecule has 0 bridgehead atoms. The van der Waals surface area contributed by atoms with E-state index in [1.807, 2.05) is 13.1 Å². The van der Waals surface area contributed by atoms with Crippen molar-refractivity contribution in [2.75, 3.05) is 43.5 Å². The molecule has 0 radical (unpaired) electrons. The fourth-order valence-electron chi connectivity index (χ4n) is 5.63. The average Bonchev–Trinajstić information content (AvgIpc) is 3.04. The molecule has 3 aliphatic rings. The van der Waals surface area contributed by atoms with Gasteiger partial charge in [0.25, 0.3) is 0 Å². The normalized spacial score (nSPS) is 30.8. The molecule has 2 aliphatic heterocycles. The van der Waals surface area contributed by atoms with E-state index in [2.05, 4.69) is 69.4 Å². The van der Waals surface area contributed by atoms with Crippen LogP contribution in [0.2, 0.25) is 0 Å². The number of hydrogen-bond acceptors (Lipinski definition) is 7. The second-order valence-electron chi connectivity index (χ2n) is 9.68. The lowest BCUT2D eigenvalue weighted by Crippen LogP contribution is -2.54. The molecule has 31 heavy (non-hydrogen) atoms. The van der Waals surface area contributed by atoms with Gasteiger partial charge in [0.15, 0.2) is 12.2 Å². The van der Waals surface area contributed by atoms with E-state index in [9.17, 15) is 5.11 Å². The molecule has 5 rings (SSSR count). The first-order valence-electron chi connectivity index (χ1n) is 11.5. The Labute approximate surface area is 185 Å². The van der Waals surface area contributed by atoms with Crippen molar-refractivity contribution in [3.63, 3.8) is 0 Å². The smallest absolute Gasteiger partial charge is 0.184 e. The van der Waals surface area contributed by atoms with Gasteiger partial charge in [-0.25, -0.2) is 9.97 Å². The number of hydrogen-bond donors (Lipinski definition) is 2. The molecule has 0 amide bonds. The van der Waals surface area contributed by atoms with Crippen molar-refractivity contribution in [2.24, 2.45) is 0 Å². The maximum atomic E-state index is 11.0. The SMILES string of the molecule is Cc1ncc(N2CC3(CCC(c4ccccc4)(N(C)C)CC3)NC2O)c(N2CCC2)n1. The van der Waals surface area contributed by atoms with Crippen molar-refractivity contribution in [1.29, 1.82) is 0 Å². The number of aromatic nitrogens is 2. The first-order chi connectivity index (χ1) is 14.9. The maximum Gasteiger partial charge on any atom is 0.184 e. The lowest BCUT2D eigenvalue weighted by atomic mass is 9.69. The van der Waals surface area contributed by atoms with Gasteiger partial charge in [-0.3, -0.25) is 10.2 Å². The lowest BCUT2D eigenvalue weighted by molar-refractivity contribution is 0.0513. The minimum Gasteiger partial charge on any atom is -0.361 e. The number of aliphatic hydroxyl groups excluding tert-OH is 1. The molecule has 7 nitrogen and oxygen atoms in total. The molecule has 1 atom stereocenters. The highest BCUT2D eigenvalue weighted by atomic mass is 16.3. The summed E-state index contributed by atoms with van der Waals surface area (Å²) in [4.78, 5) is 15.9. The van der Waals surface area contributed by atoms with Crippen LogP contribution in [0.15, 0.2) is 36.5 Å². The Kier molecular flexibility index (Phi) is 5.15. The Hall–Kier alpha value is -2.22. The predicted molar refractivity (Wildman–Crippen MR) is 123 cm³/mol. The van der Waals surface area contributed by atoms with E-state index in [1.165, 1.54) is 12.0 Å². The molecular formula is C24H34N6O. The van der Waals surface area contributed by atoms with Crippen LogP contribution in [0, 0.1) is 6.92 Å². The van der Waals surface area contributed by atoms with Crippen LogP contribution in [0.25, 0.3) is 0 Å². The molecular weight excluding hydrogens is 388 g/mol. The van der Waals surface area contributed by atoms with Gasteiger partial charge in [-0.15, -0.1) is 0 Å². The van der Waals surface area contributed by atoms with Crippen LogP contribution in [-0.2, 0) is 5.54 Å². The minimum atomic E-state index is -0.713. The molecule has 1 aromatic carbocycles. The van der Waals surface area contributed by atoms with E-state index >= 15 is 0 Å². The zero-order valence-electron chi connectivity index (χ0n) is 18.9. The van der Waals surface area contributed by atoms with Crippen molar-refractivity contribution < 1.29 is 5.11 Å². The third-order valence-electron chi connectivity index (χ3n) is 7.74. The molecule has 7 heteroatoms. The van der Waals surface area contributed by atoms with Crippen molar-refractivity contribution in [1.82, 2.24) is 20.2 Å². The van der Waals surface area contributed by atoms with Gasteiger partial charge in [-0.1, -0.05) is 30.3 Å². The molecule has 3 fully saturated rings. The maximum absolute atomic E-state index is 11.0. The minimum absolute atomic E-state index is 0.0440. The number of nitrogens with one attached hydrogen (secondary N) is 1. The Morgan fingerprint density at radius 1 is 1.10 bits per heavy atom. The summed E-state index contributed by atoms with van der Waals surface area (Å²) in [5, 5.41) is 14.6. The summed E-state index contributed by atoms with van der Waals surface area (Å²) >= 11 is 0. The van der Waals surface area contributed by atoms with Gasteiger partial charge in [0.2, 0.25) is 0 Å². The summed E-state index contributed by atoms with van der Waals surface area (Å²) in [5.74, 6) is 1.73. The zero-order valence-corrected chi connectivity index (χ0v) is 18.9. The van der Waals surface area contributed by atoms with Gasteiger partial charge >= 0.3 is 0 Å². The van der Waals surface area contributed by atoms with Crippen molar-refractivity contribution >= 4 is 11.5 Å². The molecule has 1 aromatic heterocycles. The molecule has 1 saturated carbocycles. The third kappa shape index (κ3) is 3.49. The van der Waals surface area contributed by atoms with Crippen molar-refractivity contribution in [3.8, 4) is 0 Å². The molecule has 3 heterocycles. The largest absolute Gasteiger partial charge is 0.361 e. The monoisotopic (exact) mass is 422 g/mol. The molecule has 2 aromatic rings. The highest BCUT2D eigenvalue weighted by molar-refractivity contribution is 5.68. The van der Waals surface area contributed by atoms with Crippen molar-refractivity contribution in [3.05, 3.63) is 47.9 Å². The summed E-state index contributed by atoms with van der Waals surface area (Å²) in [7, 11) is 4.38. The van der Waals surface area contributed by atoms with Gasteiger partial charge < -0.3 is 14.9 Å². The van der Waals surface area contributed by atoms with E-state index in [0.717, 1.165) is 62.6 Å². The second kappa shape index (κ2) is 7.73. The van der Waals surface area contributed by atoms with E-state index in [0.29, 0.717) is 0 Å². The van der Waals surface area contributed by atoms with Crippen LogP contribution in [0.5, 0.6) is 0 Å². The first-order valence-corrected chi connectivity index (χ1v) is 11.5. The zero-order chi connectivity index (χ0) is 21.6. The van der Waals surface area contributed by atoms with Gasteiger partial charge in [0.1, 0.15) is 11.5 Å². The summed E-state index contributed by atoms with van der Waals surface area (Å²) in [6.07, 6.45) is 6.51. The van der Waals surface area contributed by atoms with Crippen LogP contribution in [0.1, 0.15) is 43.5 Å². The molecule has 1 unspecified atom stereocenters. The number of aliphatic hydroxyl groups is 1. The van der Waals surface area contributed by atoms with Crippen LogP contribution >= 0.6 is 0 Å². The highest BCUT2D eigenvalue weighted by Crippen LogP contribution is 2.47. The standard InChI is InChI=1S/C24H34N6O/c1-18-25-16-20(21(26-18)29-14-7-15-29)30-17-23(27-22(30)31)10-12-24(13-11-23,28(2)3)19-8-5-4-6-9-19/h4-6,8-9,16,22,27,31H,7,10-15,17H2,1-3H3. The highest BCUT2D eigenvalue weighted by Gasteiger charge is 2.50. The summed E-state index contributed by atoms with van der Waals surface area (Å²) in [5.41, 5.74) is 2.28. The number of rotatable bonds is 4. The quantitative estimate of drug-likeness (QED) is 0.784. The Morgan fingerprint density at radius 2 is 1.81 bits per heavy atom. The second-order valence-corrected chi connectivity index (χ2v) is 9.68. The molecule has 1 spiro atoms. The lowest BCUT2D eigenvalue weighted by Gasteiger charge is -2.49. The number of anilines is 2. The predicted octanol–water partition coefficient (Wildman–Crippen LogP) is 2.45. The topological polar surface area (TPSA) is 67.8 Å². The van der Waals surface area contributed by atoms with E-state index in [4.69, 9.17) is 4.98 Å². The Morgan fingerprint density at radius 3 is 2.42 bits per heavy atom. The average molecular weight is 423 g/mol. The fourth-order valence-corrected chi connectivity index (χ4v) is 5.63. The van der Waals surface area contributed by atoms with Gasteiger partial charge in [-0.05, 0) is 58.7 Å². The molecule has 1 aliphatic carbocycles. The number of benzene rings is 1. The summed E-state index contributed by atoms with van der Waals surface area (Å²) in [6, 6.07) is 10.9. The Balaban J connectivity index is 1.38. The van der Waals surface area contributed by atoms with E-state index in [-0.39, 0.29) is 11.1 Å². The van der Waals surface area contributed by atoms with Gasteiger partial charge in [0.05, 0.1) is 6.20 Å². The summed E-state index contributed by atoms with van der Waals surface area (Å²) in [6.45, 7) is 4.75. The van der Waals surface area contributed by atoms with E-state index < -0.39 is 6.35 Å². The van der Waals surface area contributed by atoms with Gasteiger partial charge in [-0.2, -0.15) is 0 Å². The fraction of sp³-hybridized carbons (Fsp3) is 0.583. The third-order valence-corrected chi connectivity index (χ3v) is 7.74. The van der Waals surface area contributed by atoms with Gasteiger partial charge in [0, 0.05) is 30.7 Å². The first kappa shape index (κ1) is 20.7. The number of aryl methyl sites for hydroxylation is 1. The molecule has 2 saturated heterocycles. The molecule has 166 valence electrons. The summed E-state index contributed by atoms with van der Waals surface area (Å²) < 4.78 is 0. The van der Waals surface area contributed by atoms with Crippen LogP contribution in [0.3, 0.4) is 0 Å². The van der Waals surface area contributed by atoms with Crippen LogP contribution < -0.4 is 15.1 Å². The van der Waals surface area contributed by atoms with Crippen LogP contribution in [-0.4, -0.2) is 65.6 Å².